The van der Waals surface area contributed by atoms with Crippen LogP contribution in [0.4, 0.5) is 0 Å². The summed E-state index contributed by atoms with van der Waals surface area (Å²) in [6.45, 7) is 5.34. The summed E-state index contributed by atoms with van der Waals surface area (Å²) >= 11 is 3.81. The van der Waals surface area contributed by atoms with Crippen LogP contribution >= 0.6 is 12.8 Å². The number of hydrogen-bond donors (Lipinski definition) is 1. The van der Waals surface area contributed by atoms with Crippen molar-refractivity contribution in [3.05, 3.63) is 24.9 Å². The van der Waals surface area contributed by atoms with Crippen molar-refractivity contribution in [1.82, 2.24) is 4.31 Å². The number of amides is 1. The summed E-state index contributed by atoms with van der Waals surface area (Å²) in [6.07, 6.45) is 5.44. The van der Waals surface area contributed by atoms with Gasteiger partial charge in [-0.3, -0.25) is 9.10 Å². The molecule has 0 radical (unpaired) electrons. The van der Waals surface area contributed by atoms with Crippen LogP contribution in [0.3, 0.4) is 0 Å². The fourth-order valence-corrected chi connectivity index (χ4v) is 0.452. The maximum Gasteiger partial charge on any atom is 0.259 e. The average molecular weight is 157 g/mol. The summed E-state index contributed by atoms with van der Waals surface area (Å²) < 4.78 is 1.13. The number of thiol groups is 1. The Morgan fingerprint density at radius 3 is 2.80 bits per heavy atom. The Morgan fingerprint density at radius 1 is 1.80 bits per heavy atom. The van der Waals surface area contributed by atoms with Gasteiger partial charge in [0.1, 0.15) is 0 Å². The van der Waals surface area contributed by atoms with Crippen LogP contribution in [-0.4, -0.2) is 10.2 Å². The minimum atomic E-state index is -0.166. The smallest absolute Gasteiger partial charge is 0.259 e. The van der Waals surface area contributed by atoms with Crippen LogP contribution in [0.2, 0.25) is 0 Å². The van der Waals surface area contributed by atoms with E-state index >= 15 is 0 Å². The molecule has 0 heterocycles. The van der Waals surface area contributed by atoms with Gasteiger partial charge in [-0.15, -0.1) is 0 Å². The molecule has 0 aliphatic rings. The SMILES string of the molecule is C=CN(S)C(=O)/C=C\CC. The monoisotopic (exact) mass is 157 g/mol. The lowest BCUT2D eigenvalue weighted by Crippen LogP contribution is -2.11. The zero-order chi connectivity index (χ0) is 7.98. The minimum Gasteiger partial charge on any atom is -0.268 e. The van der Waals surface area contributed by atoms with Crippen molar-refractivity contribution in [2.24, 2.45) is 0 Å². The Labute approximate surface area is 66.8 Å². The Kier molecular flexibility index (Phi) is 4.76. The Morgan fingerprint density at radius 2 is 2.40 bits per heavy atom. The Hall–Kier alpha value is -0.700. The van der Waals surface area contributed by atoms with E-state index in [1.165, 1.54) is 12.3 Å². The van der Waals surface area contributed by atoms with Gasteiger partial charge in [0.25, 0.3) is 5.91 Å². The molecule has 10 heavy (non-hydrogen) atoms. The molecule has 3 heteroatoms. The highest BCUT2D eigenvalue weighted by Gasteiger charge is 1.97. The summed E-state index contributed by atoms with van der Waals surface area (Å²) in [6, 6.07) is 0. The van der Waals surface area contributed by atoms with E-state index in [0.29, 0.717) is 0 Å². The molecule has 0 N–H and O–H groups in total. The van der Waals surface area contributed by atoms with E-state index in [4.69, 9.17) is 0 Å². The van der Waals surface area contributed by atoms with Gasteiger partial charge in [0.05, 0.1) is 0 Å². The molecular formula is C7H11NOS. The van der Waals surface area contributed by atoms with E-state index in [1.54, 1.807) is 6.08 Å². The van der Waals surface area contributed by atoms with E-state index in [9.17, 15) is 4.79 Å². The van der Waals surface area contributed by atoms with Crippen LogP contribution < -0.4 is 0 Å². The van der Waals surface area contributed by atoms with Crippen LogP contribution in [0, 0.1) is 0 Å². The van der Waals surface area contributed by atoms with Gasteiger partial charge in [-0.1, -0.05) is 32.4 Å². The van der Waals surface area contributed by atoms with Gasteiger partial charge in [0.15, 0.2) is 0 Å². The highest BCUT2D eigenvalue weighted by Crippen LogP contribution is 1.95. The molecule has 0 aromatic heterocycles. The molecule has 0 aromatic rings. The number of rotatable bonds is 3. The third-order valence-electron chi connectivity index (χ3n) is 0.895. The minimum absolute atomic E-state index is 0.166. The first kappa shape index (κ1) is 9.30. The molecule has 0 spiro atoms. The fourth-order valence-electron chi connectivity index (χ4n) is 0.385. The Balaban J connectivity index is 3.84. The maximum atomic E-state index is 10.8. The quantitative estimate of drug-likeness (QED) is 0.489. The molecule has 0 aromatic carbocycles. The number of carbonyl (C=O) groups excluding carboxylic acids is 1. The zero-order valence-corrected chi connectivity index (χ0v) is 6.84. The molecule has 0 aliphatic heterocycles. The van der Waals surface area contributed by atoms with Gasteiger partial charge >= 0.3 is 0 Å². The van der Waals surface area contributed by atoms with Crippen molar-refractivity contribution >= 4 is 18.7 Å². The number of allylic oxidation sites excluding steroid dienone is 1. The van der Waals surface area contributed by atoms with E-state index < -0.39 is 0 Å². The van der Waals surface area contributed by atoms with Crippen molar-refractivity contribution < 1.29 is 4.79 Å². The third kappa shape index (κ3) is 3.35. The third-order valence-corrected chi connectivity index (χ3v) is 1.26. The first-order valence-electron chi connectivity index (χ1n) is 3.03. The summed E-state index contributed by atoms with van der Waals surface area (Å²) in [4.78, 5) is 10.8. The summed E-state index contributed by atoms with van der Waals surface area (Å²) in [7, 11) is 0. The molecule has 0 aliphatic carbocycles. The number of nitrogens with zero attached hydrogens (tertiary/aromatic N) is 1. The van der Waals surface area contributed by atoms with Crippen molar-refractivity contribution in [2.75, 3.05) is 0 Å². The second-order valence-electron chi connectivity index (χ2n) is 1.68. The van der Waals surface area contributed by atoms with Gasteiger partial charge in [-0.2, -0.15) is 0 Å². The lowest BCUT2D eigenvalue weighted by molar-refractivity contribution is -0.119. The van der Waals surface area contributed by atoms with Crippen LogP contribution in [0.15, 0.2) is 24.9 Å². The van der Waals surface area contributed by atoms with Gasteiger partial charge in [0, 0.05) is 12.3 Å². The van der Waals surface area contributed by atoms with Gasteiger partial charge in [-0.25, -0.2) is 0 Å². The summed E-state index contributed by atoms with van der Waals surface area (Å²) in [5.41, 5.74) is 0. The van der Waals surface area contributed by atoms with E-state index in [1.807, 2.05) is 6.92 Å². The molecule has 0 bridgehead atoms. The molecule has 0 fully saturated rings. The van der Waals surface area contributed by atoms with E-state index in [0.717, 1.165) is 10.7 Å². The lowest BCUT2D eigenvalue weighted by atomic mass is 10.4. The molecule has 0 saturated carbocycles. The van der Waals surface area contributed by atoms with Crippen LogP contribution in [0.5, 0.6) is 0 Å². The molecule has 0 atom stereocenters. The van der Waals surface area contributed by atoms with E-state index in [2.05, 4.69) is 19.4 Å². The zero-order valence-electron chi connectivity index (χ0n) is 5.95. The maximum absolute atomic E-state index is 10.8. The molecule has 0 rings (SSSR count). The average Bonchev–Trinajstić information content (AvgIpc) is 1.98. The van der Waals surface area contributed by atoms with Crippen molar-refractivity contribution in [3.8, 4) is 0 Å². The normalized spacial score (nSPS) is 9.80. The second kappa shape index (κ2) is 5.11. The molecular weight excluding hydrogens is 146 g/mol. The molecule has 0 unspecified atom stereocenters. The highest BCUT2D eigenvalue weighted by atomic mass is 32.1. The van der Waals surface area contributed by atoms with Crippen LogP contribution in [-0.2, 0) is 4.79 Å². The molecule has 56 valence electrons. The van der Waals surface area contributed by atoms with Gasteiger partial charge < -0.3 is 0 Å². The molecule has 0 saturated heterocycles. The Bertz CT molecular complexity index is 154. The first-order valence-corrected chi connectivity index (χ1v) is 3.43. The number of hydrogen-bond acceptors (Lipinski definition) is 2. The summed E-state index contributed by atoms with van der Waals surface area (Å²) in [5.74, 6) is -0.166. The molecule has 1 amide bonds. The van der Waals surface area contributed by atoms with Gasteiger partial charge in [0.2, 0.25) is 0 Å². The van der Waals surface area contributed by atoms with Crippen molar-refractivity contribution in [3.63, 3.8) is 0 Å². The number of carbonyl (C=O) groups is 1. The lowest BCUT2D eigenvalue weighted by Gasteiger charge is -2.04. The first-order chi connectivity index (χ1) is 4.72. The standard InChI is InChI=1S/C7H11NOS/c1-3-5-6-7(9)8(10)4-2/h4-6,10H,2-3H2,1H3/b6-5-. The topological polar surface area (TPSA) is 20.3 Å². The van der Waals surface area contributed by atoms with Gasteiger partial charge in [-0.05, 0) is 6.42 Å². The largest absolute Gasteiger partial charge is 0.268 e. The fraction of sp³-hybridized carbons (Fsp3) is 0.286. The van der Waals surface area contributed by atoms with Crippen molar-refractivity contribution in [1.29, 1.82) is 0 Å². The predicted octanol–water partition coefficient (Wildman–Crippen LogP) is 1.77. The van der Waals surface area contributed by atoms with Crippen LogP contribution in [0.1, 0.15) is 13.3 Å². The molecule has 2 nitrogen and oxygen atoms in total. The van der Waals surface area contributed by atoms with Crippen LogP contribution in [0.25, 0.3) is 0 Å². The second-order valence-corrected chi connectivity index (χ2v) is 2.11. The predicted molar refractivity (Wildman–Crippen MR) is 45.5 cm³/mol. The summed E-state index contributed by atoms with van der Waals surface area (Å²) in [5, 5.41) is 0. The van der Waals surface area contributed by atoms with Crippen molar-refractivity contribution in [2.45, 2.75) is 13.3 Å². The van der Waals surface area contributed by atoms with E-state index in [-0.39, 0.29) is 5.91 Å². The highest BCUT2D eigenvalue weighted by molar-refractivity contribution is 7.78.